The Bertz CT molecular complexity index is 863. The molecule has 0 aliphatic heterocycles. The van der Waals surface area contributed by atoms with Crippen molar-refractivity contribution in [1.82, 2.24) is 10.6 Å². The van der Waals surface area contributed by atoms with Gasteiger partial charge in [-0.3, -0.25) is 10.1 Å². The number of fused-ring (bicyclic) bond motifs is 1. The maximum Gasteiger partial charge on any atom is 0.374 e. The van der Waals surface area contributed by atoms with Gasteiger partial charge in [0.2, 0.25) is 5.76 Å². The fourth-order valence-electron chi connectivity index (χ4n) is 3.21. The third kappa shape index (κ3) is 5.01. The monoisotopic (exact) mass is 392 g/mol. The van der Waals surface area contributed by atoms with Crippen molar-refractivity contribution in [3.8, 4) is 0 Å². The highest BCUT2D eigenvalue weighted by molar-refractivity contribution is 6.31. The summed E-state index contributed by atoms with van der Waals surface area (Å²) in [5, 5.41) is 6.14. The van der Waals surface area contributed by atoms with Crippen molar-refractivity contribution in [1.29, 1.82) is 0 Å². The average Bonchev–Trinajstić information content (AvgIpc) is 3.04. The van der Waals surface area contributed by atoms with Gasteiger partial charge in [0.25, 0.3) is 5.91 Å². The zero-order valence-electron chi connectivity index (χ0n) is 14.9. The Morgan fingerprint density at radius 2 is 2.00 bits per heavy atom. The normalized spacial score (nSPS) is 19.5. The van der Waals surface area contributed by atoms with Crippen molar-refractivity contribution in [2.24, 2.45) is 5.92 Å². The summed E-state index contributed by atoms with van der Waals surface area (Å²) >= 11 is 5.89. The van der Waals surface area contributed by atoms with Crippen LogP contribution in [0.15, 0.2) is 28.7 Å². The fourth-order valence-corrected chi connectivity index (χ4v) is 3.40. The molecule has 3 rings (SSSR count). The first-order chi connectivity index (χ1) is 12.9. The van der Waals surface area contributed by atoms with Gasteiger partial charge >= 0.3 is 12.0 Å². The van der Waals surface area contributed by atoms with Crippen molar-refractivity contribution in [2.75, 3.05) is 6.61 Å². The lowest BCUT2D eigenvalue weighted by molar-refractivity contribution is -0.123. The molecular formula is C19H21ClN2O5. The largest absolute Gasteiger partial charge is 0.450 e. The molecule has 0 bridgehead atoms. The van der Waals surface area contributed by atoms with E-state index in [2.05, 4.69) is 17.6 Å². The van der Waals surface area contributed by atoms with Gasteiger partial charge in [-0.2, -0.15) is 0 Å². The Labute approximate surface area is 161 Å². The highest BCUT2D eigenvalue weighted by Gasteiger charge is 2.23. The van der Waals surface area contributed by atoms with E-state index in [9.17, 15) is 14.4 Å². The first kappa shape index (κ1) is 19.2. The molecule has 1 saturated carbocycles. The highest BCUT2D eigenvalue weighted by atomic mass is 35.5. The van der Waals surface area contributed by atoms with E-state index in [4.69, 9.17) is 20.8 Å². The number of esters is 1. The zero-order chi connectivity index (χ0) is 19.4. The first-order valence-corrected chi connectivity index (χ1v) is 9.27. The van der Waals surface area contributed by atoms with Crippen molar-refractivity contribution < 1.29 is 23.5 Å². The lowest BCUT2D eigenvalue weighted by atomic mass is 9.86. The quantitative estimate of drug-likeness (QED) is 0.774. The molecule has 3 amide bonds. The van der Waals surface area contributed by atoms with Crippen molar-refractivity contribution in [3.63, 3.8) is 0 Å². The van der Waals surface area contributed by atoms with Crippen LogP contribution in [0.1, 0.15) is 43.2 Å². The highest BCUT2D eigenvalue weighted by Crippen LogP contribution is 2.24. The molecule has 1 heterocycles. The van der Waals surface area contributed by atoms with Gasteiger partial charge in [0.15, 0.2) is 6.61 Å². The van der Waals surface area contributed by atoms with E-state index in [0.717, 1.165) is 25.7 Å². The number of carbonyl (C=O) groups excluding carboxylic acids is 3. The summed E-state index contributed by atoms with van der Waals surface area (Å²) in [5.74, 6) is -1.16. The SMILES string of the molecule is C[C@H]1CCCC[C@@H]1NC(=O)NC(=O)COC(=O)c1cc2cc(Cl)ccc2o1. The van der Waals surface area contributed by atoms with Gasteiger partial charge in [0, 0.05) is 16.5 Å². The summed E-state index contributed by atoms with van der Waals surface area (Å²) in [5.41, 5.74) is 0.483. The Hall–Kier alpha value is -2.54. The third-order valence-corrected chi connectivity index (χ3v) is 4.93. The van der Waals surface area contributed by atoms with Gasteiger partial charge in [0.05, 0.1) is 0 Å². The molecule has 1 aliphatic rings. The summed E-state index contributed by atoms with van der Waals surface area (Å²) in [6.45, 7) is 1.50. The molecule has 2 N–H and O–H groups in total. The van der Waals surface area contributed by atoms with E-state index >= 15 is 0 Å². The van der Waals surface area contributed by atoms with Crippen LogP contribution < -0.4 is 10.6 Å². The molecular weight excluding hydrogens is 372 g/mol. The van der Waals surface area contributed by atoms with Crippen LogP contribution in [0.4, 0.5) is 4.79 Å². The standard InChI is InChI=1S/C19H21ClN2O5/c1-11-4-2-3-5-14(11)21-19(25)22-17(23)10-26-18(24)16-9-12-8-13(20)6-7-15(12)27-16/h6-9,11,14H,2-5,10H2,1H3,(H2,21,22,23,25)/t11-,14-/m0/s1. The molecule has 8 heteroatoms. The van der Waals surface area contributed by atoms with E-state index in [1.165, 1.54) is 6.07 Å². The smallest absolute Gasteiger partial charge is 0.374 e. The van der Waals surface area contributed by atoms with E-state index in [1.807, 2.05) is 0 Å². The van der Waals surface area contributed by atoms with E-state index < -0.39 is 24.5 Å². The van der Waals surface area contributed by atoms with Gasteiger partial charge in [-0.1, -0.05) is 31.4 Å². The first-order valence-electron chi connectivity index (χ1n) is 8.89. The number of hydrogen-bond acceptors (Lipinski definition) is 5. The number of amides is 3. The minimum Gasteiger partial charge on any atom is -0.450 e. The van der Waals surface area contributed by atoms with Crippen LogP contribution in [0, 0.1) is 5.92 Å². The topological polar surface area (TPSA) is 97.6 Å². The van der Waals surface area contributed by atoms with Crippen LogP contribution in [0.2, 0.25) is 5.02 Å². The van der Waals surface area contributed by atoms with Crippen molar-refractivity contribution >= 4 is 40.5 Å². The van der Waals surface area contributed by atoms with E-state index in [1.54, 1.807) is 18.2 Å². The molecule has 7 nitrogen and oxygen atoms in total. The second kappa shape index (κ2) is 8.43. The van der Waals surface area contributed by atoms with Crippen LogP contribution in [0.5, 0.6) is 0 Å². The minimum atomic E-state index is -0.793. The molecule has 0 spiro atoms. The maximum atomic E-state index is 12.0. The van der Waals surface area contributed by atoms with Crippen molar-refractivity contribution in [3.05, 3.63) is 35.0 Å². The summed E-state index contributed by atoms with van der Waals surface area (Å²) < 4.78 is 10.3. The molecule has 1 aromatic carbocycles. The van der Waals surface area contributed by atoms with Gasteiger partial charge in [-0.25, -0.2) is 9.59 Å². The van der Waals surface area contributed by atoms with Crippen LogP contribution in [-0.4, -0.2) is 30.6 Å². The zero-order valence-corrected chi connectivity index (χ0v) is 15.7. The number of urea groups is 1. The Kier molecular flexibility index (Phi) is 6.01. The second-order valence-electron chi connectivity index (χ2n) is 6.76. The summed E-state index contributed by atoms with van der Waals surface area (Å²) in [4.78, 5) is 35.8. The third-order valence-electron chi connectivity index (χ3n) is 4.69. The van der Waals surface area contributed by atoms with E-state index in [0.29, 0.717) is 21.9 Å². The molecule has 144 valence electrons. The lowest BCUT2D eigenvalue weighted by Gasteiger charge is -2.29. The van der Waals surface area contributed by atoms with E-state index in [-0.39, 0.29) is 11.8 Å². The van der Waals surface area contributed by atoms with Gasteiger partial charge in [-0.15, -0.1) is 0 Å². The predicted molar refractivity (Wildman–Crippen MR) is 99.6 cm³/mol. The Balaban J connectivity index is 1.47. The number of nitrogens with one attached hydrogen (secondary N) is 2. The molecule has 0 radical (unpaired) electrons. The fraction of sp³-hybridized carbons (Fsp3) is 0.421. The number of benzene rings is 1. The summed E-state index contributed by atoms with van der Waals surface area (Å²) in [6, 6.07) is 5.89. The van der Waals surface area contributed by atoms with Crippen molar-refractivity contribution in [2.45, 2.75) is 38.6 Å². The summed E-state index contributed by atoms with van der Waals surface area (Å²) in [6.07, 6.45) is 4.17. The Morgan fingerprint density at radius 1 is 1.22 bits per heavy atom. The lowest BCUT2D eigenvalue weighted by Crippen LogP contribution is -2.48. The van der Waals surface area contributed by atoms with Gasteiger partial charge in [-0.05, 0) is 43.0 Å². The average molecular weight is 393 g/mol. The Morgan fingerprint density at radius 3 is 2.78 bits per heavy atom. The van der Waals surface area contributed by atoms with Gasteiger partial charge < -0.3 is 14.5 Å². The summed E-state index contributed by atoms with van der Waals surface area (Å²) in [7, 11) is 0. The van der Waals surface area contributed by atoms with Crippen LogP contribution >= 0.6 is 11.6 Å². The molecule has 2 atom stereocenters. The number of furan rings is 1. The predicted octanol–water partition coefficient (Wildman–Crippen LogP) is 3.65. The van der Waals surface area contributed by atoms with Crippen LogP contribution in [-0.2, 0) is 9.53 Å². The molecule has 27 heavy (non-hydrogen) atoms. The molecule has 1 aromatic heterocycles. The van der Waals surface area contributed by atoms with Crippen LogP contribution in [0.25, 0.3) is 11.0 Å². The number of imide groups is 1. The maximum absolute atomic E-state index is 12.0. The number of hydrogen-bond donors (Lipinski definition) is 2. The molecule has 1 aliphatic carbocycles. The van der Waals surface area contributed by atoms with Crippen LogP contribution in [0.3, 0.4) is 0 Å². The molecule has 2 aromatic rings. The number of halogens is 1. The number of carbonyl (C=O) groups is 3. The molecule has 1 fully saturated rings. The van der Waals surface area contributed by atoms with Gasteiger partial charge in [0.1, 0.15) is 5.58 Å². The second-order valence-corrected chi connectivity index (χ2v) is 7.20. The molecule has 0 saturated heterocycles. The number of ether oxygens (including phenoxy) is 1. The minimum absolute atomic E-state index is 0.0412. The molecule has 0 unspecified atom stereocenters. The number of rotatable bonds is 4.